The Hall–Kier alpha value is -3.24. The number of aromatic carboxylic acids is 1. The molecule has 3 aliphatic rings. The number of fused-ring (bicyclic) bond motifs is 2. The number of rotatable bonds is 8. The molecule has 6 rings (SSSR count). The Labute approximate surface area is 231 Å². The van der Waals surface area contributed by atoms with Crippen LogP contribution in [0.1, 0.15) is 81.4 Å². The lowest BCUT2D eigenvalue weighted by Gasteiger charge is -2.39. The van der Waals surface area contributed by atoms with Crippen LogP contribution >= 0.6 is 0 Å². The molecule has 0 radical (unpaired) electrons. The third-order valence-electron chi connectivity index (χ3n) is 8.93. The molecule has 1 fully saturated rings. The topological polar surface area (TPSA) is 40.5 Å². The van der Waals surface area contributed by atoms with Crippen LogP contribution in [0, 0.1) is 5.92 Å². The average molecular weight is 524 g/mol. The zero-order valence-electron chi connectivity index (χ0n) is 22.7. The van der Waals surface area contributed by atoms with E-state index in [1.807, 2.05) is 12.1 Å². The number of likely N-dealkylation sites (tertiary alicyclic amines) is 1. The minimum Gasteiger partial charge on any atom is -0.478 e. The fourth-order valence-corrected chi connectivity index (χ4v) is 7.00. The zero-order valence-corrected chi connectivity index (χ0v) is 22.7. The standard InChI is InChI=1S/C35H38FNO2/c36-18-5-19-37-22-25(23-37)20-24-12-14-27(15-13-24)34-31-17-16-29(35(38)39)21-28(31)8-4-11-33(34)32-10-3-7-26-6-1-2-9-30(26)32/h3,7,10,12-17,21,25H,1-2,4-6,8-9,11,18-20,22-23H2,(H,38,39). The average Bonchev–Trinajstić information content (AvgIpc) is 3.13. The molecule has 0 atom stereocenters. The van der Waals surface area contributed by atoms with Crippen molar-refractivity contribution < 1.29 is 14.3 Å². The second kappa shape index (κ2) is 11.5. The highest BCUT2D eigenvalue weighted by Crippen LogP contribution is 2.42. The predicted molar refractivity (Wildman–Crippen MR) is 156 cm³/mol. The van der Waals surface area contributed by atoms with Crippen molar-refractivity contribution in [1.82, 2.24) is 4.90 Å². The summed E-state index contributed by atoms with van der Waals surface area (Å²) in [5.74, 6) is -0.220. The van der Waals surface area contributed by atoms with Gasteiger partial charge in [0.2, 0.25) is 0 Å². The van der Waals surface area contributed by atoms with Gasteiger partial charge in [-0.3, -0.25) is 4.39 Å². The third kappa shape index (κ3) is 5.45. The Morgan fingerprint density at radius 2 is 1.67 bits per heavy atom. The quantitative estimate of drug-likeness (QED) is 0.335. The molecule has 1 saturated heterocycles. The van der Waals surface area contributed by atoms with E-state index in [0.717, 1.165) is 63.7 Å². The van der Waals surface area contributed by atoms with Gasteiger partial charge in [-0.25, -0.2) is 4.79 Å². The number of carboxylic acids is 1. The summed E-state index contributed by atoms with van der Waals surface area (Å²) in [4.78, 5) is 14.1. The van der Waals surface area contributed by atoms with E-state index >= 15 is 0 Å². The number of halogens is 1. The van der Waals surface area contributed by atoms with E-state index in [1.165, 1.54) is 57.4 Å². The van der Waals surface area contributed by atoms with Crippen LogP contribution in [-0.2, 0) is 25.7 Å². The number of aryl methyl sites for hydroxylation is 2. The molecule has 39 heavy (non-hydrogen) atoms. The van der Waals surface area contributed by atoms with Crippen molar-refractivity contribution in [2.24, 2.45) is 5.92 Å². The number of hydrogen-bond acceptors (Lipinski definition) is 2. The molecule has 0 spiro atoms. The maximum atomic E-state index is 12.5. The third-order valence-corrected chi connectivity index (χ3v) is 8.93. The van der Waals surface area contributed by atoms with E-state index < -0.39 is 5.97 Å². The number of nitrogens with zero attached hydrogens (tertiary/aromatic N) is 1. The van der Waals surface area contributed by atoms with E-state index in [9.17, 15) is 14.3 Å². The monoisotopic (exact) mass is 523 g/mol. The normalized spacial score (nSPS) is 17.8. The van der Waals surface area contributed by atoms with Gasteiger partial charge in [-0.15, -0.1) is 0 Å². The highest BCUT2D eigenvalue weighted by atomic mass is 19.1. The first-order valence-corrected chi connectivity index (χ1v) is 14.7. The second-order valence-electron chi connectivity index (χ2n) is 11.6. The van der Waals surface area contributed by atoms with Crippen LogP contribution < -0.4 is 0 Å². The molecular formula is C35H38FNO2. The van der Waals surface area contributed by atoms with Crippen LogP contribution in [0.4, 0.5) is 4.39 Å². The van der Waals surface area contributed by atoms with Gasteiger partial charge in [0.25, 0.3) is 0 Å². The summed E-state index contributed by atoms with van der Waals surface area (Å²) in [6.07, 6.45) is 9.38. The minimum atomic E-state index is -0.867. The maximum Gasteiger partial charge on any atom is 0.335 e. The first-order valence-electron chi connectivity index (χ1n) is 14.7. The first kappa shape index (κ1) is 26.0. The van der Waals surface area contributed by atoms with Crippen LogP contribution in [0.25, 0.3) is 11.1 Å². The van der Waals surface area contributed by atoms with E-state index in [4.69, 9.17) is 0 Å². The molecule has 4 heteroatoms. The summed E-state index contributed by atoms with van der Waals surface area (Å²) in [5.41, 5.74) is 12.3. The zero-order chi connectivity index (χ0) is 26.8. The minimum absolute atomic E-state index is 0.229. The fourth-order valence-electron chi connectivity index (χ4n) is 7.00. The van der Waals surface area contributed by atoms with Crippen LogP contribution in [0.5, 0.6) is 0 Å². The SMILES string of the molecule is O=C(O)c1ccc2c(c1)CCCC(c1cccc3c1CCCC3)=C2c1ccc(CC2CN(CCCF)C2)cc1. The van der Waals surface area contributed by atoms with E-state index in [-0.39, 0.29) is 6.67 Å². The molecule has 1 aliphatic heterocycles. The molecular weight excluding hydrogens is 485 g/mol. The van der Waals surface area contributed by atoms with Crippen molar-refractivity contribution >= 4 is 17.1 Å². The molecule has 2 aliphatic carbocycles. The number of benzene rings is 3. The summed E-state index contributed by atoms with van der Waals surface area (Å²) in [5, 5.41) is 9.66. The summed E-state index contributed by atoms with van der Waals surface area (Å²) in [7, 11) is 0. The van der Waals surface area contributed by atoms with Gasteiger partial charge in [-0.1, -0.05) is 48.5 Å². The molecule has 202 valence electrons. The lowest BCUT2D eigenvalue weighted by Crippen LogP contribution is -2.47. The summed E-state index contributed by atoms with van der Waals surface area (Å²) >= 11 is 0. The Morgan fingerprint density at radius 3 is 2.46 bits per heavy atom. The van der Waals surface area contributed by atoms with Gasteiger partial charge in [-0.2, -0.15) is 0 Å². The molecule has 1 heterocycles. The van der Waals surface area contributed by atoms with E-state index in [1.54, 1.807) is 6.07 Å². The molecule has 3 nitrogen and oxygen atoms in total. The van der Waals surface area contributed by atoms with E-state index in [0.29, 0.717) is 17.9 Å². The van der Waals surface area contributed by atoms with Crippen molar-refractivity contribution in [3.8, 4) is 0 Å². The number of allylic oxidation sites excluding steroid dienone is 1. The van der Waals surface area contributed by atoms with E-state index in [2.05, 4.69) is 47.4 Å². The Kier molecular flexibility index (Phi) is 7.65. The number of carbonyl (C=O) groups is 1. The number of hydrogen-bond donors (Lipinski definition) is 1. The lowest BCUT2D eigenvalue weighted by atomic mass is 9.81. The van der Waals surface area contributed by atoms with Gasteiger partial charge in [0.15, 0.2) is 0 Å². The van der Waals surface area contributed by atoms with Gasteiger partial charge in [0.05, 0.1) is 12.2 Å². The second-order valence-corrected chi connectivity index (χ2v) is 11.6. The summed E-state index contributed by atoms with van der Waals surface area (Å²) in [6, 6.07) is 21.7. The van der Waals surface area contributed by atoms with Crippen LogP contribution in [-0.4, -0.2) is 42.3 Å². The van der Waals surface area contributed by atoms with Crippen molar-refractivity contribution in [2.75, 3.05) is 26.3 Å². The first-order chi connectivity index (χ1) is 19.1. The molecule has 0 amide bonds. The van der Waals surface area contributed by atoms with Crippen molar-refractivity contribution in [3.05, 3.63) is 105 Å². The van der Waals surface area contributed by atoms with Crippen LogP contribution in [0.15, 0.2) is 60.7 Å². The van der Waals surface area contributed by atoms with Crippen LogP contribution in [0.2, 0.25) is 0 Å². The Bertz CT molecular complexity index is 1380. The molecule has 1 N–H and O–H groups in total. The van der Waals surface area contributed by atoms with Gasteiger partial charge < -0.3 is 10.0 Å². The predicted octanol–water partition coefficient (Wildman–Crippen LogP) is 7.39. The maximum absolute atomic E-state index is 12.5. The van der Waals surface area contributed by atoms with Gasteiger partial charge in [0.1, 0.15) is 0 Å². The molecule has 0 bridgehead atoms. The smallest absolute Gasteiger partial charge is 0.335 e. The van der Waals surface area contributed by atoms with Gasteiger partial charge >= 0.3 is 5.97 Å². The van der Waals surface area contributed by atoms with Crippen molar-refractivity contribution in [2.45, 2.75) is 57.8 Å². The molecule has 3 aromatic carbocycles. The largest absolute Gasteiger partial charge is 0.478 e. The molecule has 0 saturated carbocycles. The summed E-state index contributed by atoms with van der Waals surface area (Å²) < 4.78 is 12.5. The van der Waals surface area contributed by atoms with Crippen LogP contribution in [0.3, 0.4) is 0 Å². The highest BCUT2D eigenvalue weighted by molar-refractivity contribution is 6.01. The van der Waals surface area contributed by atoms with Crippen molar-refractivity contribution in [1.29, 1.82) is 0 Å². The van der Waals surface area contributed by atoms with Crippen molar-refractivity contribution in [3.63, 3.8) is 0 Å². The Balaban J connectivity index is 1.38. The molecule has 0 unspecified atom stereocenters. The lowest BCUT2D eigenvalue weighted by molar-refractivity contribution is 0.0696. The number of carboxylic acid groups (broad SMARTS) is 1. The number of alkyl halides is 1. The molecule has 0 aromatic heterocycles. The summed E-state index contributed by atoms with van der Waals surface area (Å²) in [6.45, 7) is 2.77. The van der Waals surface area contributed by atoms with Gasteiger partial charge in [-0.05, 0) is 126 Å². The highest BCUT2D eigenvalue weighted by Gasteiger charge is 2.27. The fraction of sp³-hybridized carbons (Fsp3) is 0.400. The molecule has 3 aromatic rings. The van der Waals surface area contributed by atoms with Gasteiger partial charge in [0, 0.05) is 19.6 Å². The Morgan fingerprint density at radius 1 is 0.872 bits per heavy atom.